The van der Waals surface area contributed by atoms with Crippen LogP contribution < -0.4 is 15.2 Å². The van der Waals surface area contributed by atoms with E-state index in [4.69, 9.17) is 20.3 Å². The number of carboxylic acid groups (broad SMARTS) is 1. The first kappa shape index (κ1) is 13.7. The minimum Gasteiger partial charge on any atom is -0.497 e. The molecule has 0 saturated carbocycles. The minimum absolute atomic E-state index is 0.245. The van der Waals surface area contributed by atoms with Crippen molar-refractivity contribution in [3.05, 3.63) is 53.6 Å². The van der Waals surface area contributed by atoms with Crippen LogP contribution in [-0.4, -0.2) is 18.2 Å². The molecule has 2 aromatic carbocycles. The lowest BCUT2D eigenvalue weighted by Crippen LogP contribution is -2.01. The second kappa shape index (κ2) is 5.97. The van der Waals surface area contributed by atoms with E-state index in [9.17, 15) is 4.79 Å². The molecule has 0 radical (unpaired) electrons. The number of rotatable bonds is 5. The Morgan fingerprint density at radius 3 is 2.50 bits per heavy atom. The summed E-state index contributed by atoms with van der Waals surface area (Å²) in [5.41, 5.74) is 7.44. The van der Waals surface area contributed by atoms with Crippen LogP contribution in [0.5, 0.6) is 11.5 Å². The predicted molar refractivity (Wildman–Crippen MR) is 75.1 cm³/mol. The number of nitrogen functional groups attached to an aromatic ring is 1. The molecular formula is C15H15NO4. The van der Waals surface area contributed by atoms with Gasteiger partial charge in [-0.25, -0.2) is 4.79 Å². The smallest absolute Gasteiger partial charge is 0.335 e. The third kappa shape index (κ3) is 3.20. The Hall–Kier alpha value is -2.69. The topological polar surface area (TPSA) is 81.8 Å². The summed E-state index contributed by atoms with van der Waals surface area (Å²) in [6.45, 7) is 0.303. The van der Waals surface area contributed by atoms with Gasteiger partial charge in [0.2, 0.25) is 0 Å². The molecule has 3 N–H and O–H groups in total. The lowest BCUT2D eigenvalue weighted by atomic mass is 10.1. The molecule has 2 aromatic rings. The highest BCUT2D eigenvalue weighted by molar-refractivity contribution is 5.87. The van der Waals surface area contributed by atoms with Crippen LogP contribution >= 0.6 is 0 Å². The summed E-state index contributed by atoms with van der Waals surface area (Å²) < 4.78 is 10.7. The molecule has 0 aliphatic heterocycles. The van der Waals surface area contributed by atoms with Crippen molar-refractivity contribution >= 4 is 11.7 Å². The van der Waals surface area contributed by atoms with E-state index >= 15 is 0 Å². The largest absolute Gasteiger partial charge is 0.497 e. The van der Waals surface area contributed by atoms with Crippen LogP contribution in [0.1, 0.15) is 15.9 Å². The lowest BCUT2D eigenvalue weighted by Gasteiger charge is -2.10. The van der Waals surface area contributed by atoms with Gasteiger partial charge in [-0.05, 0) is 29.8 Å². The first-order valence-electron chi connectivity index (χ1n) is 5.98. The number of anilines is 1. The average molecular weight is 273 g/mol. The Balaban J connectivity index is 2.06. The number of carboxylic acids is 1. The Bertz CT molecular complexity index is 608. The van der Waals surface area contributed by atoms with Crippen LogP contribution in [0.15, 0.2) is 42.5 Å². The van der Waals surface area contributed by atoms with Crippen molar-refractivity contribution in [1.29, 1.82) is 0 Å². The quantitative estimate of drug-likeness (QED) is 0.818. The van der Waals surface area contributed by atoms with E-state index in [2.05, 4.69) is 0 Å². The molecule has 0 aliphatic rings. The third-order valence-corrected chi connectivity index (χ3v) is 2.82. The highest BCUT2D eigenvalue weighted by Gasteiger charge is 2.05. The zero-order valence-corrected chi connectivity index (χ0v) is 11.0. The molecular weight excluding hydrogens is 258 g/mol. The molecule has 2 rings (SSSR count). The highest BCUT2D eigenvalue weighted by atomic mass is 16.5. The normalized spacial score (nSPS) is 10.1. The van der Waals surface area contributed by atoms with Gasteiger partial charge >= 0.3 is 5.97 Å². The van der Waals surface area contributed by atoms with Gasteiger partial charge < -0.3 is 20.3 Å². The molecule has 20 heavy (non-hydrogen) atoms. The van der Waals surface area contributed by atoms with Crippen molar-refractivity contribution in [2.45, 2.75) is 6.61 Å². The maximum atomic E-state index is 10.7. The lowest BCUT2D eigenvalue weighted by molar-refractivity contribution is 0.0697. The van der Waals surface area contributed by atoms with Crippen molar-refractivity contribution in [3.63, 3.8) is 0 Å². The van der Waals surface area contributed by atoms with E-state index < -0.39 is 5.97 Å². The first-order chi connectivity index (χ1) is 9.60. The summed E-state index contributed by atoms with van der Waals surface area (Å²) in [5, 5.41) is 8.82. The van der Waals surface area contributed by atoms with Crippen LogP contribution in [-0.2, 0) is 6.61 Å². The van der Waals surface area contributed by atoms with Crippen LogP contribution in [0.25, 0.3) is 0 Å². The van der Waals surface area contributed by atoms with Gasteiger partial charge in [-0.1, -0.05) is 12.1 Å². The molecule has 0 saturated heterocycles. The summed E-state index contributed by atoms with van der Waals surface area (Å²) in [4.78, 5) is 10.7. The molecule has 0 heterocycles. The van der Waals surface area contributed by atoms with E-state index in [0.717, 1.165) is 5.56 Å². The SMILES string of the molecule is COc1ccc(N)c(OCc2ccc(C(=O)O)cc2)c1. The number of hydrogen-bond acceptors (Lipinski definition) is 4. The molecule has 0 unspecified atom stereocenters. The molecule has 5 nitrogen and oxygen atoms in total. The Labute approximate surface area is 116 Å². The van der Waals surface area contributed by atoms with Gasteiger partial charge in [-0.2, -0.15) is 0 Å². The number of benzene rings is 2. The van der Waals surface area contributed by atoms with E-state index in [1.807, 2.05) is 0 Å². The van der Waals surface area contributed by atoms with Gasteiger partial charge in [0, 0.05) is 6.07 Å². The maximum Gasteiger partial charge on any atom is 0.335 e. The zero-order valence-electron chi connectivity index (χ0n) is 11.0. The summed E-state index contributed by atoms with van der Waals surface area (Å²) in [7, 11) is 1.57. The fourth-order valence-corrected chi connectivity index (χ4v) is 1.67. The van der Waals surface area contributed by atoms with Crippen molar-refractivity contribution in [2.75, 3.05) is 12.8 Å². The number of ether oxygens (including phenoxy) is 2. The molecule has 0 aliphatic carbocycles. The van der Waals surface area contributed by atoms with E-state index in [0.29, 0.717) is 23.8 Å². The van der Waals surface area contributed by atoms with E-state index in [-0.39, 0.29) is 5.56 Å². The van der Waals surface area contributed by atoms with E-state index in [1.54, 1.807) is 37.4 Å². The van der Waals surface area contributed by atoms with Gasteiger partial charge in [0.15, 0.2) is 0 Å². The van der Waals surface area contributed by atoms with E-state index in [1.165, 1.54) is 12.1 Å². The summed E-state index contributed by atoms with van der Waals surface area (Å²) >= 11 is 0. The number of hydrogen-bond donors (Lipinski definition) is 2. The van der Waals surface area contributed by atoms with Gasteiger partial charge in [-0.15, -0.1) is 0 Å². The van der Waals surface area contributed by atoms with Crippen LogP contribution in [0.3, 0.4) is 0 Å². The fourth-order valence-electron chi connectivity index (χ4n) is 1.67. The van der Waals surface area contributed by atoms with Gasteiger partial charge in [0.25, 0.3) is 0 Å². The monoisotopic (exact) mass is 273 g/mol. The molecule has 0 amide bonds. The van der Waals surface area contributed by atoms with Crippen LogP contribution in [0.4, 0.5) is 5.69 Å². The van der Waals surface area contributed by atoms with Crippen molar-refractivity contribution < 1.29 is 19.4 Å². The summed E-state index contributed by atoms with van der Waals surface area (Å²) in [6.07, 6.45) is 0. The second-order valence-corrected chi connectivity index (χ2v) is 4.19. The Kier molecular flexibility index (Phi) is 4.10. The molecule has 5 heteroatoms. The molecule has 104 valence electrons. The molecule has 0 spiro atoms. The fraction of sp³-hybridized carbons (Fsp3) is 0.133. The van der Waals surface area contributed by atoms with Gasteiger partial charge in [0.05, 0.1) is 18.4 Å². The van der Waals surface area contributed by atoms with Crippen molar-refractivity contribution in [2.24, 2.45) is 0 Å². The molecule has 0 bridgehead atoms. The van der Waals surface area contributed by atoms with Crippen molar-refractivity contribution in [3.8, 4) is 11.5 Å². The van der Waals surface area contributed by atoms with Crippen molar-refractivity contribution in [1.82, 2.24) is 0 Å². The first-order valence-corrected chi connectivity index (χ1v) is 5.98. The minimum atomic E-state index is -0.950. The van der Waals surface area contributed by atoms with Gasteiger partial charge in [-0.3, -0.25) is 0 Å². The summed E-state index contributed by atoms with van der Waals surface area (Å²) in [6, 6.07) is 11.7. The number of carbonyl (C=O) groups is 1. The summed E-state index contributed by atoms with van der Waals surface area (Å²) in [5.74, 6) is 0.247. The zero-order chi connectivity index (χ0) is 14.5. The Morgan fingerprint density at radius 2 is 1.90 bits per heavy atom. The van der Waals surface area contributed by atoms with Crippen LogP contribution in [0.2, 0.25) is 0 Å². The highest BCUT2D eigenvalue weighted by Crippen LogP contribution is 2.27. The standard InChI is InChI=1S/C15H15NO4/c1-19-12-6-7-13(16)14(8-12)20-9-10-2-4-11(5-3-10)15(17)18/h2-8H,9,16H2,1H3,(H,17,18). The number of aromatic carboxylic acids is 1. The maximum absolute atomic E-state index is 10.7. The second-order valence-electron chi connectivity index (χ2n) is 4.19. The average Bonchev–Trinajstić information content (AvgIpc) is 2.47. The Morgan fingerprint density at radius 1 is 1.20 bits per heavy atom. The molecule has 0 atom stereocenters. The number of nitrogens with two attached hydrogens (primary N) is 1. The molecule has 0 fully saturated rings. The third-order valence-electron chi connectivity index (χ3n) is 2.82. The van der Waals surface area contributed by atoms with Gasteiger partial charge in [0.1, 0.15) is 18.1 Å². The van der Waals surface area contributed by atoms with Crippen LogP contribution in [0, 0.1) is 0 Å². The molecule has 0 aromatic heterocycles. The number of methoxy groups -OCH3 is 1. The predicted octanol–water partition coefficient (Wildman–Crippen LogP) is 2.55.